The van der Waals surface area contributed by atoms with Crippen LogP contribution in [0.25, 0.3) is 0 Å². The average Bonchev–Trinajstić information content (AvgIpc) is 2.35. The predicted octanol–water partition coefficient (Wildman–Crippen LogP) is 2.61. The van der Waals surface area contributed by atoms with Crippen molar-refractivity contribution in [1.82, 2.24) is 5.43 Å². The summed E-state index contributed by atoms with van der Waals surface area (Å²) in [7, 11) is 0. The topological polar surface area (TPSA) is 47.3 Å². The number of hydrazine groups is 1. The standard InChI is InChI=1S/C15H28N2O/c1-4-6-7-10-14(17-16)15(18-5-2)11-8-9-13(3)12-15/h13-14,17H,5,7-12,16H2,1-3H3. The molecule has 0 aromatic carbocycles. The van der Waals surface area contributed by atoms with Crippen molar-refractivity contribution in [3.05, 3.63) is 0 Å². The lowest BCUT2D eigenvalue weighted by Crippen LogP contribution is -2.56. The Morgan fingerprint density at radius 3 is 2.89 bits per heavy atom. The van der Waals surface area contributed by atoms with Crippen molar-refractivity contribution in [3.63, 3.8) is 0 Å². The highest BCUT2D eigenvalue weighted by atomic mass is 16.5. The van der Waals surface area contributed by atoms with Crippen molar-refractivity contribution >= 4 is 0 Å². The molecule has 0 aliphatic heterocycles. The summed E-state index contributed by atoms with van der Waals surface area (Å²) in [5, 5.41) is 0. The van der Waals surface area contributed by atoms with E-state index in [9.17, 15) is 0 Å². The summed E-state index contributed by atoms with van der Waals surface area (Å²) in [6, 6.07) is 0.209. The van der Waals surface area contributed by atoms with Crippen LogP contribution >= 0.6 is 0 Å². The first-order valence-corrected chi connectivity index (χ1v) is 7.18. The Hall–Kier alpha value is -0.560. The first kappa shape index (κ1) is 15.5. The molecule has 3 nitrogen and oxygen atoms in total. The largest absolute Gasteiger partial charge is 0.374 e. The minimum atomic E-state index is -0.0867. The molecule has 1 rings (SSSR count). The molecule has 0 saturated heterocycles. The smallest absolute Gasteiger partial charge is 0.0850 e. The molecule has 0 amide bonds. The van der Waals surface area contributed by atoms with Gasteiger partial charge in [-0.3, -0.25) is 11.3 Å². The van der Waals surface area contributed by atoms with Crippen LogP contribution in [-0.4, -0.2) is 18.2 Å². The molecule has 1 aliphatic rings. The molecule has 3 heteroatoms. The Bertz CT molecular complexity index is 291. The lowest BCUT2D eigenvalue weighted by atomic mass is 9.73. The first-order chi connectivity index (χ1) is 8.68. The molecule has 18 heavy (non-hydrogen) atoms. The van der Waals surface area contributed by atoms with Crippen LogP contribution in [0.1, 0.15) is 59.3 Å². The highest BCUT2D eigenvalue weighted by molar-refractivity contribution is 5.01. The van der Waals surface area contributed by atoms with Crippen molar-refractivity contribution in [2.75, 3.05) is 6.61 Å². The van der Waals surface area contributed by atoms with E-state index in [1.807, 2.05) is 6.92 Å². The summed E-state index contributed by atoms with van der Waals surface area (Å²) in [6.07, 6.45) is 6.60. The lowest BCUT2D eigenvalue weighted by Gasteiger charge is -2.45. The van der Waals surface area contributed by atoms with Gasteiger partial charge in [-0.2, -0.15) is 0 Å². The van der Waals surface area contributed by atoms with Gasteiger partial charge in [0.1, 0.15) is 0 Å². The molecule has 0 heterocycles. The monoisotopic (exact) mass is 252 g/mol. The molecule has 3 N–H and O–H groups in total. The van der Waals surface area contributed by atoms with Gasteiger partial charge in [0.2, 0.25) is 0 Å². The minimum Gasteiger partial charge on any atom is -0.374 e. The maximum atomic E-state index is 6.13. The molecule has 0 radical (unpaired) electrons. The fourth-order valence-corrected chi connectivity index (χ4v) is 3.22. The minimum absolute atomic E-state index is 0.0867. The Morgan fingerprint density at radius 1 is 1.56 bits per heavy atom. The van der Waals surface area contributed by atoms with Crippen molar-refractivity contribution in [2.24, 2.45) is 11.8 Å². The molecule has 0 spiro atoms. The highest BCUT2D eigenvalue weighted by Crippen LogP contribution is 2.38. The molecule has 104 valence electrons. The third kappa shape index (κ3) is 3.98. The van der Waals surface area contributed by atoms with E-state index < -0.39 is 0 Å². The van der Waals surface area contributed by atoms with Crippen LogP contribution in [0.2, 0.25) is 0 Å². The van der Waals surface area contributed by atoms with Gasteiger partial charge in [-0.05, 0) is 39.0 Å². The van der Waals surface area contributed by atoms with E-state index in [1.165, 1.54) is 12.8 Å². The number of hydrogen-bond acceptors (Lipinski definition) is 3. The summed E-state index contributed by atoms with van der Waals surface area (Å²) in [6.45, 7) is 7.02. The number of rotatable bonds is 6. The van der Waals surface area contributed by atoms with Crippen LogP contribution in [0.15, 0.2) is 0 Å². The van der Waals surface area contributed by atoms with Gasteiger partial charge in [0.15, 0.2) is 0 Å². The van der Waals surface area contributed by atoms with Crippen LogP contribution in [-0.2, 0) is 4.74 Å². The molecule has 0 aromatic rings. The number of ether oxygens (including phenoxy) is 1. The van der Waals surface area contributed by atoms with E-state index in [0.717, 1.165) is 38.2 Å². The van der Waals surface area contributed by atoms with Crippen molar-refractivity contribution < 1.29 is 4.74 Å². The second kappa shape index (κ2) is 7.78. The number of hydrogen-bond donors (Lipinski definition) is 2. The lowest BCUT2D eigenvalue weighted by molar-refractivity contribution is -0.102. The Morgan fingerprint density at radius 2 is 2.33 bits per heavy atom. The van der Waals surface area contributed by atoms with Crippen LogP contribution in [0.4, 0.5) is 0 Å². The highest BCUT2D eigenvalue weighted by Gasteiger charge is 2.41. The van der Waals surface area contributed by atoms with E-state index in [-0.39, 0.29) is 11.6 Å². The maximum Gasteiger partial charge on any atom is 0.0850 e. The Labute approximate surface area is 112 Å². The van der Waals surface area contributed by atoms with E-state index >= 15 is 0 Å². The molecule has 1 fully saturated rings. The van der Waals surface area contributed by atoms with Gasteiger partial charge in [-0.15, -0.1) is 11.8 Å². The van der Waals surface area contributed by atoms with Crippen LogP contribution < -0.4 is 11.3 Å². The Kier molecular flexibility index (Phi) is 6.70. The van der Waals surface area contributed by atoms with E-state index in [1.54, 1.807) is 0 Å². The Balaban J connectivity index is 2.74. The third-order valence-electron chi connectivity index (χ3n) is 3.99. The summed E-state index contributed by atoms with van der Waals surface area (Å²) >= 11 is 0. The molecule has 0 bridgehead atoms. The summed E-state index contributed by atoms with van der Waals surface area (Å²) in [5.41, 5.74) is 2.90. The van der Waals surface area contributed by atoms with Crippen molar-refractivity contribution in [3.8, 4) is 11.8 Å². The van der Waals surface area contributed by atoms with Gasteiger partial charge in [0.25, 0.3) is 0 Å². The van der Waals surface area contributed by atoms with E-state index in [0.29, 0.717) is 0 Å². The average molecular weight is 252 g/mol. The zero-order valence-electron chi connectivity index (χ0n) is 12.1. The fourth-order valence-electron chi connectivity index (χ4n) is 3.22. The van der Waals surface area contributed by atoms with Crippen molar-refractivity contribution in [2.45, 2.75) is 70.9 Å². The van der Waals surface area contributed by atoms with Crippen LogP contribution in [0.5, 0.6) is 0 Å². The summed E-state index contributed by atoms with van der Waals surface area (Å²) in [5.74, 6) is 12.6. The SMILES string of the molecule is CC#CCCC(NN)C1(OCC)CCCC(C)C1. The van der Waals surface area contributed by atoms with Crippen LogP contribution in [0.3, 0.4) is 0 Å². The van der Waals surface area contributed by atoms with Gasteiger partial charge >= 0.3 is 0 Å². The molecular formula is C15H28N2O. The third-order valence-corrected chi connectivity index (χ3v) is 3.99. The fraction of sp³-hybridized carbons (Fsp3) is 0.867. The zero-order chi connectivity index (χ0) is 13.4. The molecule has 0 aromatic heterocycles. The quantitative estimate of drug-likeness (QED) is 0.434. The van der Waals surface area contributed by atoms with Crippen LogP contribution in [0, 0.1) is 17.8 Å². The normalized spacial score (nSPS) is 29.4. The second-order valence-electron chi connectivity index (χ2n) is 5.38. The summed E-state index contributed by atoms with van der Waals surface area (Å²) < 4.78 is 6.13. The maximum absolute atomic E-state index is 6.13. The number of nitrogens with two attached hydrogens (primary N) is 1. The van der Waals surface area contributed by atoms with Gasteiger partial charge in [-0.25, -0.2) is 0 Å². The molecule has 1 aliphatic carbocycles. The molecule has 1 saturated carbocycles. The first-order valence-electron chi connectivity index (χ1n) is 7.18. The van der Waals surface area contributed by atoms with Crippen molar-refractivity contribution in [1.29, 1.82) is 0 Å². The summed E-state index contributed by atoms with van der Waals surface area (Å²) in [4.78, 5) is 0. The predicted molar refractivity (Wildman–Crippen MR) is 75.8 cm³/mol. The molecular weight excluding hydrogens is 224 g/mol. The van der Waals surface area contributed by atoms with Gasteiger partial charge in [-0.1, -0.05) is 19.8 Å². The van der Waals surface area contributed by atoms with Gasteiger partial charge in [0, 0.05) is 13.0 Å². The second-order valence-corrected chi connectivity index (χ2v) is 5.38. The van der Waals surface area contributed by atoms with Gasteiger partial charge in [0.05, 0.1) is 11.6 Å². The molecule has 3 atom stereocenters. The molecule has 3 unspecified atom stereocenters. The number of nitrogens with one attached hydrogen (secondary N) is 1. The van der Waals surface area contributed by atoms with Gasteiger partial charge < -0.3 is 4.74 Å². The van der Waals surface area contributed by atoms with E-state index in [4.69, 9.17) is 10.6 Å². The zero-order valence-corrected chi connectivity index (χ0v) is 12.1. The van der Waals surface area contributed by atoms with E-state index in [2.05, 4.69) is 31.1 Å².